The summed E-state index contributed by atoms with van der Waals surface area (Å²) in [6, 6.07) is 16.3. The Morgan fingerprint density at radius 1 is 0.723 bits per heavy atom. The van der Waals surface area contributed by atoms with E-state index in [1.54, 1.807) is 9.80 Å². The average Bonchev–Trinajstić information content (AvgIpc) is 3.81. The number of hydrogen-bond acceptors (Lipinski definition) is 6. The van der Waals surface area contributed by atoms with E-state index in [-0.39, 0.29) is 24.3 Å². The third-order valence-electron chi connectivity index (χ3n) is 8.31. The van der Waals surface area contributed by atoms with Crippen LogP contribution in [0.3, 0.4) is 0 Å². The molecule has 2 aromatic carbocycles. The van der Waals surface area contributed by atoms with E-state index in [2.05, 4.69) is 75.0 Å². The van der Waals surface area contributed by atoms with Crippen molar-refractivity contribution in [2.75, 3.05) is 13.1 Å². The molecule has 10 heteroatoms. The minimum Gasteiger partial charge on any atom is -0.444 e. The van der Waals surface area contributed by atoms with Gasteiger partial charge in [-0.15, -0.1) is 0 Å². The van der Waals surface area contributed by atoms with E-state index >= 15 is 0 Å². The number of carbonyl (C=O) groups excluding carboxylic acids is 2. The predicted molar refractivity (Wildman–Crippen MR) is 181 cm³/mol. The fraction of sp³-hybridized carbons (Fsp3) is 0.405. The highest BCUT2D eigenvalue weighted by Gasteiger charge is 2.37. The molecule has 2 N–H and O–H groups in total. The van der Waals surface area contributed by atoms with Gasteiger partial charge in [0.05, 0.1) is 35.9 Å². The zero-order valence-electron chi connectivity index (χ0n) is 28.1. The molecule has 0 unspecified atom stereocenters. The smallest absolute Gasteiger partial charge is 0.411 e. The third-order valence-corrected chi connectivity index (χ3v) is 8.31. The number of nitrogens with one attached hydrogen (secondary N) is 2. The first-order valence-corrected chi connectivity index (χ1v) is 16.2. The molecule has 2 fully saturated rings. The molecule has 4 heterocycles. The topological polar surface area (TPSA) is 116 Å². The van der Waals surface area contributed by atoms with E-state index in [9.17, 15) is 9.59 Å². The molecule has 0 aliphatic carbocycles. The lowest BCUT2D eigenvalue weighted by atomic mass is 10.0. The van der Waals surface area contributed by atoms with Gasteiger partial charge < -0.3 is 19.4 Å². The summed E-state index contributed by atoms with van der Waals surface area (Å²) in [5.74, 6) is 1.50. The molecule has 2 atom stereocenters. The second kappa shape index (κ2) is 12.4. The van der Waals surface area contributed by atoms with Gasteiger partial charge in [0, 0.05) is 13.1 Å². The van der Waals surface area contributed by atoms with Crippen molar-refractivity contribution < 1.29 is 19.1 Å². The number of likely N-dealkylation sites (tertiary alicyclic amines) is 2. The molecule has 2 aromatic heterocycles. The van der Waals surface area contributed by atoms with Crippen molar-refractivity contribution >= 4 is 12.2 Å². The standard InChI is InChI=1S/C37H44N6O4/c1-23-19-31(43(22-23)35(45)47-37(5,6)7)33-39-21-29(41-33)27-16-12-25(13-17-27)24-10-14-26(15-11-24)28-20-38-32(40-28)30-9-8-18-42(30)34(44)46-36(2,3)4/h10-17,20-21,30-31H,1,8-9,18-19,22H2,2-7H3,(H,38,40)(H,39,41)/t30-,31-/m0/s1. The Hall–Kier alpha value is -4.86. The van der Waals surface area contributed by atoms with Crippen LogP contribution in [0.15, 0.2) is 73.1 Å². The van der Waals surface area contributed by atoms with Crippen LogP contribution in [-0.2, 0) is 9.47 Å². The summed E-state index contributed by atoms with van der Waals surface area (Å²) in [5.41, 5.74) is 5.85. The number of carbonyl (C=O) groups is 2. The third kappa shape index (κ3) is 7.26. The van der Waals surface area contributed by atoms with Gasteiger partial charge >= 0.3 is 12.2 Å². The van der Waals surface area contributed by atoms with Crippen LogP contribution in [0.2, 0.25) is 0 Å². The Morgan fingerprint density at radius 3 is 1.66 bits per heavy atom. The Morgan fingerprint density at radius 2 is 1.17 bits per heavy atom. The Balaban J connectivity index is 1.12. The van der Waals surface area contributed by atoms with Gasteiger partial charge in [0.15, 0.2) is 0 Å². The number of rotatable bonds is 5. The lowest BCUT2D eigenvalue weighted by Crippen LogP contribution is -2.36. The maximum Gasteiger partial charge on any atom is 0.411 e. The largest absolute Gasteiger partial charge is 0.444 e. The number of benzene rings is 2. The summed E-state index contributed by atoms with van der Waals surface area (Å²) in [7, 11) is 0. The number of nitrogens with zero attached hydrogens (tertiary/aromatic N) is 4. The highest BCUT2D eigenvalue weighted by Crippen LogP contribution is 2.36. The van der Waals surface area contributed by atoms with Crippen molar-refractivity contribution in [3.05, 3.63) is 84.7 Å². The van der Waals surface area contributed by atoms with Gasteiger partial charge in [-0.3, -0.25) is 9.80 Å². The van der Waals surface area contributed by atoms with Crippen molar-refractivity contribution in [1.82, 2.24) is 29.7 Å². The van der Waals surface area contributed by atoms with Gasteiger partial charge in [-0.05, 0) is 83.1 Å². The fourth-order valence-electron chi connectivity index (χ4n) is 6.14. The normalized spacial score (nSPS) is 18.6. The van der Waals surface area contributed by atoms with Crippen LogP contribution in [0.25, 0.3) is 33.6 Å². The Kier molecular flexibility index (Phi) is 8.46. The monoisotopic (exact) mass is 636 g/mol. The molecule has 246 valence electrons. The van der Waals surface area contributed by atoms with Gasteiger partial charge in [0.25, 0.3) is 0 Å². The maximum absolute atomic E-state index is 12.9. The van der Waals surface area contributed by atoms with Gasteiger partial charge in [0.2, 0.25) is 0 Å². The van der Waals surface area contributed by atoms with Crippen LogP contribution in [0.5, 0.6) is 0 Å². The van der Waals surface area contributed by atoms with Gasteiger partial charge in [-0.25, -0.2) is 19.6 Å². The molecule has 0 spiro atoms. The predicted octanol–water partition coefficient (Wildman–Crippen LogP) is 8.44. The molecule has 2 amide bonds. The first-order chi connectivity index (χ1) is 22.2. The van der Waals surface area contributed by atoms with Crippen LogP contribution >= 0.6 is 0 Å². The average molecular weight is 637 g/mol. The summed E-state index contributed by atoms with van der Waals surface area (Å²) >= 11 is 0. The van der Waals surface area contributed by atoms with Gasteiger partial charge in [0.1, 0.15) is 22.9 Å². The van der Waals surface area contributed by atoms with Crippen molar-refractivity contribution in [3.63, 3.8) is 0 Å². The summed E-state index contributed by atoms with van der Waals surface area (Å²) in [4.78, 5) is 45.2. The first-order valence-electron chi connectivity index (χ1n) is 16.2. The van der Waals surface area contributed by atoms with E-state index in [0.29, 0.717) is 19.5 Å². The lowest BCUT2D eigenvalue weighted by molar-refractivity contribution is 0.0210. The van der Waals surface area contributed by atoms with Crippen molar-refractivity contribution in [1.29, 1.82) is 0 Å². The van der Waals surface area contributed by atoms with Crippen molar-refractivity contribution in [2.24, 2.45) is 0 Å². The highest BCUT2D eigenvalue weighted by molar-refractivity contribution is 5.73. The number of imidazole rings is 2. The van der Waals surface area contributed by atoms with E-state index < -0.39 is 11.2 Å². The van der Waals surface area contributed by atoms with E-state index in [0.717, 1.165) is 63.7 Å². The minimum atomic E-state index is -0.577. The number of amides is 2. The van der Waals surface area contributed by atoms with E-state index in [1.165, 1.54) is 0 Å². The first kappa shape index (κ1) is 32.1. The molecule has 2 aliphatic rings. The second-order valence-electron chi connectivity index (χ2n) is 14.4. The molecule has 10 nitrogen and oxygen atoms in total. The molecule has 2 aliphatic heterocycles. The van der Waals surface area contributed by atoms with Crippen molar-refractivity contribution in [2.45, 2.75) is 84.1 Å². The minimum absolute atomic E-state index is 0.121. The van der Waals surface area contributed by atoms with E-state index in [1.807, 2.05) is 53.9 Å². The molecule has 0 bridgehead atoms. The Bertz CT molecular complexity index is 1760. The molecule has 2 saturated heterocycles. The summed E-state index contributed by atoms with van der Waals surface area (Å²) in [6.07, 6.45) is 5.39. The number of ether oxygens (including phenoxy) is 2. The summed E-state index contributed by atoms with van der Waals surface area (Å²) in [6.45, 7) is 16.5. The fourth-order valence-corrected chi connectivity index (χ4v) is 6.14. The molecular formula is C37H44N6O4. The molecule has 0 saturated carbocycles. The van der Waals surface area contributed by atoms with E-state index in [4.69, 9.17) is 9.47 Å². The molecule has 0 radical (unpaired) electrons. The molecule has 4 aromatic rings. The quantitative estimate of drug-likeness (QED) is 0.212. The molecule has 47 heavy (non-hydrogen) atoms. The second-order valence-corrected chi connectivity index (χ2v) is 14.4. The zero-order valence-corrected chi connectivity index (χ0v) is 28.1. The van der Waals surface area contributed by atoms with Gasteiger partial charge in [-0.2, -0.15) is 0 Å². The Labute approximate surface area is 276 Å². The maximum atomic E-state index is 12.9. The van der Waals surface area contributed by atoms with Crippen LogP contribution in [-0.4, -0.2) is 66.2 Å². The van der Waals surface area contributed by atoms with Crippen LogP contribution in [0.1, 0.15) is 84.5 Å². The zero-order chi connectivity index (χ0) is 33.5. The number of aromatic nitrogens is 4. The lowest BCUT2D eigenvalue weighted by Gasteiger charge is -2.27. The number of aromatic amines is 2. The SMILES string of the molecule is C=C1C[C@@H](c2ncc(-c3ccc(-c4ccc(-c5cnc([C@@H]6CCCN6C(=O)OC(C)(C)C)[nH]5)cc4)cc3)[nH]2)N(C(=O)OC(C)(C)C)C1. The van der Waals surface area contributed by atoms with Crippen LogP contribution in [0, 0.1) is 0 Å². The highest BCUT2D eigenvalue weighted by atomic mass is 16.6. The number of H-pyrrole nitrogens is 2. The number of hydrogen-bond donors (Lipinski definition) is 2. The summed E-state index contributed by atoms with van der Waals surface area (Å²) in [5, 5.41) is 0. The van der Waals surface area contributed by atoms with Crippen molar-refractivity contribution in [3.8, 4) is 33.6 Å². The molecule has 6 rings (SSSR count). The van der Waals surface area contributed by atoms with Gasteiger partial charge in [-0.1, -0.05) is 60.7 Å². The molecular weight excluding hydrogens is 592 g/mol. The summed E-state index contributed by atoms with van der Waals surface area (Å²) < 4.78 is 11.3. The van der Waals surface area contributed by atoms with Crippen LogP contribution in [0.4, 0.5) is 9.59 Å². The van der Waals surface area contributed by atoms with Crippen LogP contribution < -0.4 is 0 Å².